The first-order valence-corrected chi connectivity index (χ1v) is 7.68. The van der Waals surface area contributed by atoms with Crippen molar-refractivity contribution in [2.75, 3.05) is 25.4 Å². The summed E-state index contributed by atoms with van der Waals surface area (Å²) in [5.41, 5.74) is 5.27. The van der Waals surface area contributed by atoms with Crippen molar-refractivity contribution in [3.05, 3.63) is 0 Å². The van der Waals surface area contributed by atoms with Gasteiger partial charge in [0.15, 0.2) is 0 Å². The molecule has 98 valence electrons. The minimum Gasteiger partial charge on any atom is -0.726 e. The molecular formula is C7H17NO6S2. The molecule has 9 heteroatoms. The molecule has 0 aliphatic carbocycles. The second-order valence-electron chi connectivity index (χ2n) is 3.00. The van der Waals surface area contributed by atoms with E-state index >= 15 is 0 Å². The maximum Gasteiger partial charge on any atom is 0.320 e. The van der Waals surface area contributed by atoms with Gasteiger partial charge in [-0.2, -0.15) is 0 Å². The Labute approximate surface area is 98.3 Å². The zero-order valence-corrected chi connectivity index (χ0v) is 11.0. The first kappa shape index (κ1) is 18.0. The number of hydrogen-bond donors (Lipinski definition) is 2. The Bertz CT molecular complexity index is 289. The minimum absolute atomic E-state index is 0.304. The fraction of sp³-hybridized carbons (Fsp3) is 0.857. The van der Waals surface area contributed by atoms with Gasteiger partial charge >= 0.3 is 5.97 Å². The lowest BCUT2D eigenvalue weighted by Crippen LogP contribution is -2.31. The maximum absolute atomic E-state index is 10.2. The summed E-state index contributed by atoms with van der Waals surface area (Å²) in [6, 6.07) is -0.671. The second kappa shape index (κ2) is 8.76. The van der Waals surface area contributed by atoms with Crippen molar-refractivity contribution >= 4 is 27.3 Å². The largest absolute Gasteiger partial charge is 0.726 e. The van der Waals surface area contributed by atoms with Crippen molar-refractivity contribution < 1.29 is 27.1 Å². The van der Waals surface area contributed by atoms with Gasteiger partial charge in [-0.25, -0.2) is 8.42 Å². The topological polar surface area (TPSA) is 130 Å². The highest BCUT2D eigenvalue weighted by molar-refractivity contribution is 7.95. The number of carboxylic acid groups (broad SMARTS) is 1. The van der Waals surface area contributed by atoms with Gasteiger partial charge < -0.3 is 15.4 Å². The van der Waals surface area contributed by atoms with Crippen molar-refractivity contribution in [1.29, 1.82) is 0 Å². The van der Waals surface area contributed by atoms with Gasteiger partial charge in [-0.3, -0.25) is 8.98 Å². The van der Waals surface area contributed by atoms with E-state index < -0.39 is 22.4 Å². The predicted octanol–water partition coefficient (Wildman–Crippen LogP) is -1.24. The average molecular weight is 275 g/mol. The molecule has 1 unspecified atom stereocenters. The van der Waals surface area contributed by atoms with Crippen molar-refractivity contribution in [3.63, 3.8) is 0 Å². The Hall–Kier alpha value is -0.350. The molecule has 0 aromatic rings. The molecule has 0 aliphatic rings. The van der Waals surface area contributed by atoms with E-state index in [4.69, 9.17) is 10.8 Å². The van der Waals surface area contributed by atoms with Crippen LogP contribution in [0.3, 0.4) is 0 Å². The van der Waals surface area contributed by atoms with Gasteiger partial charge in [-0.1, -0.05) is 0 Å². The van der Waals surface area contributed by atoms with Crippen LogP contribution in [0.4, 0.5) is 0 Å². The molecule has 0 saturated heterocycles. The summed E-state index contributed by atoms with van der Waals surface area (Å²) in [6.45, 7) is 0. The highest BCUT2D eigenvalue weighted by Crippen LogP contribution is 1.93. The summed E-state index contributed by atoms with van der Waals surface area (Å²) in [4.78, 5) is 10.2. The van der Waals surface area contributed by atoms with Gasteiger partial charge in [-0.05, 0) is 10.9 Å². The molecule has 0 aromatic carbocycles. The predicted molar refractivity (Wildman–Crippen MR) is 61.0 cm³/mol. The SMILES string of the molecule is COS(=O)(=O)[O-].C[S+](C)CCC(N)C(=O)O. The molecule has 0 spiro atoms. The van der Waals surface area contributed by atoms with Crippen LogP contribution in [-0.2, 0) is 30.3 Å². The average Bonchev–Trinajstić information content (AvgIpc) is 2.13. The summed E-state index contributed by atoms with van der Waals surface area (Å²) in [7, 11) is -3.30. The summed E-state index contributed by atoms with van der Waals surface area (Å²) in [6.07, 6.45) is 4.74. The van der Waals surface area contributed by atoms with Crippen LogP contribution in [-0.4, -0.2) is 55.5 Å². The van der Waals surface area contributed by atoms with Crippen molar-refractivity contribution in [3.8, 4) is 0 Å². The lowest BCUT2D eigenvalue weighted by Gasteiger charge is -2.02. The van der Waals surface area contributed by atoms with Crippen LogP contribution in [0, 0.1) is 0 Å². The molecule has 0 amide bonds. The number of rotatable bonds is 5. The van der Waals surface area contributed by atoms with E-state index in [1.807, 2.05) is 0 Å². The molecule has 0 saturated carbocycles. The van der Waals surface area contributed by atoms with E-state index in [2.05, 4.69) is 16.7 Å². The van der Waals surface area contributed by atoms with Crippen molar-refractivity contribution in [2.24, 2.45) is 5.73 Å². The van der Waals surface area contributed by atoms with E-state index in [1.54, 1.807) is 0 Å². The Morgan fingerprint density at radius 2 is 1.94 bits per heavy atom. The van der Waals surface area contributed by atoms with E-state index in [0.29, 0.717) is 17.3 Å². The fourth-order valence-corrected chi connectivity index (χ4v) is 1.21. The Morgan fingerprint density at radius 3 is 2.12 bits per heavy atom. The molecule has 0 heterocycles. The Morgan fingerprint density at radius 1 is 1.56 bits per heavy atom. The lowest BCUT2D eigenvalue weighted by molar-refractivity contribution is -0.138. The summed E-state index contributed by atoms with van der Waals surface area (Å²) in [5, 5.41) is 8.37. The van der Waals surface area contributed by atoms with Gasteiger partial charge in [0.05, 0.1) is 19.6 Å². The molecule has 0 bridgehead atoms. The molecule has 0 rings (SSSR count). The molecule has 0 aliphatic heterocycles. The van der Waals surface area contributed by atoms with Crippen molar-refractivity contribution in [1.82, 2.24) is 0 Å². The lowest BCUT2D eigenvalue weighted by atomic mass is 10.2. The number of nitrogens with two attached hydrogens (primary N) is 1. The smallest absolute Gasteiger partial charge is 0.320 e. The first-order valence-electron chi connectivity index (χ1n) is 4.14. The van der Waals surface area contributed by atoms with Gasteiger partial charge in [0, 0.05) is 6.42 Å². The van der Waals surface area contributed by atoms with Crippen LogP contribution in [0.15, 0.2) is 0 Å². The Kier molecular flexibility index (Phi) is 9.87. The summed E-state index contributed by atoms with van der Waals surface area (Å²) >= 11 is 0. The molecule has 16 heavy (non-hydrogen) atoms. The summed E-state index contributed by atoms with van der Waals surface area (Å²) in [5.74, 6) is 0.0125. The second-order valence-corrected chi connectivity index (χ2v) is 6.53. The van der Waals surface area contributed by atoms with E-state index in [1.165, 1.54) is 0 Å². The number of carboxylic acids is 1. The van der Waals surface area contributed by atoms with Crippen LogP contribution < -0.4 is 5.73 Å². The molecule has 7 nitrogen and oxygen atoms in total. The molecule has 3 N–H and O–H groups in total. The van der Waals surface area contributed by atoms with Gasteiger partial charge in [0.25, 0.3) is 0 Å². The standard InChI is InChI=1S/C6H13NO2S.CH4O4S/c1-10(2)4-3-5(7)6(8)9;1-5-6(2,3)4/h5H,3-4,7H2,1-2H3;1H3,(H,2,3,4). The third-order valence-corrected chi connectivity index (χ3v) is 2.82. The van der Waals surface area contributed by atoms with E-state index in [9.17, 15) is 17.8 Å². The first-order chi connectivity index (χ1) is 7.10. The third-order valence-electron chi connectivity index (χ3n) is 1.36. The zero-order valence-electron chi connectivity index (χ0n) is 9.37. The number of hydrogen-bond acceptors (Lipinski definition) is 6. The molecule has 0 fully saturated rings. The fourth-order valence-electron chi connectivity index (χ4n) is 0.486. The minimum atomic E-state index is -4.41. The van der Waals surface area contributed by atoms with Crippen LogP contribution in [0.1, 0.15) is 6.42 Å². The van der Waals surface area contributed by atoms with Crippen molar-refractivity contribution in [2.45, 2.75) is 12.5 Å². The highest BCUT2D eigenvalue weighted by Gasteiger charge is 2.14. The molecule has 1 atom stereocenters. The monoisotopic (exact) mass is 275 g/mol. The number of carbonyl (C=O) groups is 1. The van der Waals surface area contributed by atoms with Crippen LogP contribution in [0.2, 0.25) is 0 Å². The highest BCUT2D eigenvalue weighted by atomic mass is 32.3. The normalized spacial score (nSPS) is 12.9. The Balaban J connectivity index is 0. The van der Waals surface area contributed by atoms with Crippen LogP contribution in [0.5, 0.6) is 0 Å². The van der Waals surface area contributed by atoms with Gasteiger partial charge in [-0.15, -0.1) is 0 Å². The maximum atomic E-state index is 10.2. The van der Waals surface area contributed by atoms with E-state index in [0.717, 1.165) is 12.9 Å². The van der Waals surface area contributed by atoms with Crippen LogP contribution >= 0.6 is 0 Å². The molecule has 0 aromatic heterocycles. The van der Waals surface area contributed by atoms with E-state index in [-0.39, 0.29) is 0 Å². The van der Waals surface area contributed by atoms with Crippen LogP contribution in [0.25, 0.3) is 0 Å². The molecule has 0 radical (unpaired) electrons. The number of aliphatic carboxylic acids is 1. The quantitative estimate of drug-likeness (QED) is 0.364. The molecular weight excluding hydrogens is 258 g/mol. The van der Waals surface area contributed by atoms with Gasteiger partial charge in [0.2, 0.25) is 10.4 Å². The third kappa shape index (κ3) is 16.1. The van der Waals surface area contributed by atoms with Gasteiger partial charge in [0.1, 0.15) is 11.8 Å². The summed E-state index contributed by atoms with van der Waals surface area (Å²) < 4.78 is 31.0. The zero-order chi connectivity index (χ0) is 13.4.